The highest BCUT2D eigenvalue weighted by Crippen LogP contribution is 2.49. The van der Waals surface area contributed by atoms with E-state index in [0.717, 1.165) is 5.56 Å². The average molecular weight is 225 g/mol. The average Bonchev–Trinajstić information content (AvgIpc) is 2.90. The molecule has 88 valence electrons. The van der Waals surface area contributed by atoms with E-state index in [4.69, 9.17) is 0 Å². The molecule has 1 aromatic carbocycles. The van der Waals surface area contributed by atoms with Crippen LogP contribution in [0.4, 0.5) is 4.39 Å². The van der Waals surface area contributed by atoms with Crippen molar-refractivity contribution in [3.05, 3.63) is 29.1 Å². The largest absolute Gasteiger partial charge is 0.505 e. The van der Waals surface area contributed by atoms with Crippen LogP contribution >= 0.6 is 0 Å². The zero-order chi connectivity index (χ0) is 11.9. The predicted molar refractivity (Wildman–Crippen MR) is 58.6 cm³/mol. The van der Waals surface area contributed by atoms with Crippen molar-refractivity contribution < 1.29 is 14.6 Å². The fourth-order valence-corrected chi connectivity index (χ4v) is 1.85. The molecule has 0 bridgehead atoms. The molecule has 0 unspecified atom stereocenters. The van der Waals surface area contributed by atoms with Crippen LogP contribution in [0.25, 0.3) is 0 Å². The van der Waals surface area contributed by atoms with Gasteiger partial charge in [0.25, 0.3) is 0 Å². The molecule has 1 fully saturated rings. The number of phenolic OH excluding ortho intramolecular Hbond substituents is 1. The number of phenols is 1. The van der Waals surface area contributed by atoms with Gasteiger partial charge in [0.05, 0.1) is 5.60 Å². The van der Waals surface area contributed by atoms with Crippen LogP contribution in [0.1, 0.15) is 24.0 Å². The highest BCUT2D eigenvalue weighted by molar-refractivity contribution is 5.43. The number of halogens is 1. The summed E-state index contributed by atoms with van der Waals surface area (Å²) in [7, 11) is 3.77. The molecular formula is C12H16FNO2. The van der Waals surface area contributed by atoms with Crippen molar-refractivity contribution in [2.75, 3.05) is 14.1 Å². The van der Waals surface area contributed by atoms with Gasteiger partial charge in [0.1, 0.15) is 0 Å². The molecule has 1 aliphatic carbocycles. The van der Waals surface area contributed by atoms with Gasteiger partial charge >= 0.3 is 0 Å². The maximum Gasteiger partial charge on any atom is 0.165 e. The van der Waals surface area contributed by atoms with Gasteiger partial charge in [-0.2, -0.15) is 0 Å². The third-order valence-corrected chi connectivity index (χ3v) is 2.85. The molecule has 0 heterocycles. The summed E-state index contributed by atoms with van der Waals surface area (Å²) in [6, 6.07) is 3.00. The van der Waals surface area contributed by atoms with Gasteiger partial charge in [0, 0.05) is 12.1 Å². The second kappa shape index (κ2) is 3.71. The number of rotatable bonds is 3. The molecule has 0 spiro atoms. The van der Waals surface area contributed by atoms with Gasteiger partial charge < -0.3 is 15.1 Å². The molecule has 1 aromatic rings. The SMILES string of the molecule is CN(C)Cc1cc(F)c(O)c(C2(O)CC2)c1. The molecule has 3 nitrogen and oxygen atoms in total. The van der Waals surface area contributed by atoms with E-state index < -0.39 is 17.2 Å². The van der Waals surface area contributed by atoms with Crippen molar-refractivity contribution in [3.8, 4) is 5.75 Å². The van der Waals surface area contributed by atoms with Gasteiger partial charge in [-0.15, -0.1) is 0 Å². The van der Waals surface area contributed by atoms with Crippen LogP contribution in [-0.4, -0.2) is 29.2 Å². The summed E-state index contributed by atoms with van der Waals surface area (Å²) < 4.78 is 13.5. The highest BCUT2D eigenvalue weighted by atomic mass is 19.1. The van der Waals surface area contributed by atoms with E-state index in [-0.39, 0.29) is 0 Å². The first-order valence-corrected chi connectivity index (χ1v) is 5.31. The van der Waals surface area contributed by atoms with Gasteiger partial charge in [-0.25, -0.2) is 4.39 Å². The van der Waals surface area contributed by atoms with E-state index in [1.165, 1.54) is 6.07 Å². The Morgan fingerprint density at radius 1 is 1.38 bits per heavy atom. The topological polar surface area (TPSA) is 43.7 Å². The molecule has 1 aliphatic rings. The molecule has 0 amide bonds. The van der Waals surface area contributed by atoms with Crippen molar-refractivity contribution >= 4 is 0 Å². The molecule has 0 atom stereocenters. The first-order chi connectivity index (χ1) is 7.42. The van der Waals surface area contributed by atoms with Crippen molar-refractivity contribution in [1.29, 1.82) is 0 Å². The summed E-state index contributed by atoms with van der Waals surface area (Å²) in [6.45, 7) is 0.584. The highest BCUT2D eigenvalue weighted by Gasteiger charge is 2.44. The monoisotopic (exact) mass is 225 g/mol. The van der Waals surface area contributed by atoms with Crippen LogP contribution in [-0.2, 0) is 12.1 Å². The lowest BCUT2D eigenvalue weighted by molar-refractivity contribution is 0.146. The maximum atomic E-state index is 13.5. The second-order valence-electron chi connectivity index (χ2n) is 4.74. The predicted octanol–water partition coefficient (Wildman–Crippen LogP) is 1.57. The fourth-order valence-electron chi connectivity index (χ4n) is 1.85. The van der Waals surface area contributed by atoms with E-state index in [0.29, 0.717) is 24.9 Å². The number of nitrogens with zero attached hydrogens (tertiary/aromatic N) is 1. The van der Waals surface area contributed by atoms with Crippen molar-refractivity contribution in [2.45, 2.75) is 25.0 Å². The molecule has 0 aromatic heterocycles. The van der Waals surface area contributed by atoms with Crippen LogP contribution < -0.4 is 0 Å². The molecular weight excluding hydrogens is 209 g/mol. The van der Waals surface area contributed by atoms with Crippen LogP contribution in [0.3, 0.4) is 0 Å². The summed E-state index contributed by atoms with van der Waals surface area (Å²) in [5, 5.41) is 19.5. The van der Waals surface area contributed by atoms with Gasteiger partial charge in [0.15, 0.2) is 11.6 Å². The number of benzene rings is 1. The summed E-state index contributed by atoms with van der Waals surface area (Å²) in [5.74, 6) is -1.07. The van der Waals surface area contributed by atoms with Crippen LogP contribution in [0.15, 0.2) is 12.1 Å². The molecule has 0 saturated heterocycles. The summed E-state index contributed by atoms with van der Waals surface area (Å²) >= 11 is 0. The van der Waals surface area contributed by atoms with Crippen molar-refractivity contribution in [3.63, 3.8) is 0 Å². The Bertz CT molecular complexity index is 414. The van der Waals surface area contributed by atoms with Crippen LogP contribution in [0.2, 0.25) is 0 Å². The Kier molecular flexibility index (Phi) is 2.64. The molecule has 0 aliphatic heterocycles. The third kappa shape index (κ3) is 2.03. The Morgan fingerprint density at radius 2 is 2.00 bits per heavy atom. The number of aliphatic hydroxyl groups is 1. The van der Waals surface area contributed by atoms with Gasteiger partial charge in [-0.3, -0.25) is 0 Å². The molecule has 2 N–H and O–H groups in total. The Hall–Kier alpha value is -1.13. The van der Waals surface area contributed by atoms with Crippen molar-refractivity contribution in [1.82, 2.24) is 4.90 Å². The first kappa shape index (κ1) is 11.4. The van der Waals surface area contributed by atoms with Gasteiger partial charge in [-0.1, -0.05) is 0 Å². The molecule has 0 radical (unpaired) electrons. The van der Waals surface area contributed by atoms with Crippen LogP contribution in [0.5, 0.6) is 5.75 Å². The van der Waals surface area contributed by atoms with Gasteiger partial charge in [-0.05, 0) is 44.6 Å². The van der Waals surface area contributed by atoms with E-state index in [1.54, 1.807) is 6.07 Å². The Morgan fingerprint density at radius 3 is 2.50 bits per heavy atom. The molecule has 4 heteroatoms. The molecule has 1 saturated carbocycles. The molecule has 16 heavy (non-hydrogen) atoms. The minimum atomic E-state index is -1.01. The quantitative estimate of drug-likeness (QED) is 0.820. The summed E-state index contributed by atoms with van der Waals surface area (Å²) in [5.41, 5.74) is 0.0766. The van der Waals surface area contributed by atoms with E-state index in [9.17, 15) is 14.6 Å². The lowest BCUT2D eigenvalue weighted by atomic mass is 10.0. The van der Waals surface area contributed by atoms with Crippen LogP contribution in [0, 0.1) is 5.82 Å². The minimum absolute atomic E-state index is 0.323. The summed E-state index contributed by atoms with van der Waals surface area (Å²) in [6.07, 6.45) is 1.18. The fraction of sp³-hybridized carbons (Fsp3) is 0.500. The second-order valence-corrected chi connectivity index (χ2v) is 4.74. The standard InChI is InChI=1S/C12H16FNO2/c1-14(2)7-8-5-9(12(16)3-4-12)11(15)10(13)6-8/h5-6,15-16H,3-4,7H2,1-2H3. The smallest absolute Gasteiger partial charge is 0.165 e. The lowest BCUT2D eigenvalue weighted by Gasteiger charge is -2.15. The van der Waals surface area contributed by atoms with Crippen molar-refractivity contribution in [2.24, 2.45) is 0 Å². The number of aromatic hydroxyl groups is 1. The maximum absolute atomic E-state index is 13.5. The zero-order valence-corrected chi connectivity index (χ0v) is 9.50. The van der Waals surface area contributed by atoms with E-state index in [2.05, 4.69) is 0 Å². The summed E-state index contributed by atoms with van der Waals surface area (Å²) in [4.78, 5) is 1.91. The number of hydrogen-bond acceptors (Lipinski definition) is 3. The third-order valence-electron chi connectivity index (χ3n) is 2.85. The first-order valence-electron chi connectivity index (χ1n) is 5.31. The Balaban J connectivity index is 2.40. The zero-order valence-electron chi connectivity index (χ0n) is 9.50. The number of hydrogen-bond donors (Lipinski definition) is 2. The molecule has 2 rings (SSSR count). The van der Waals surface area contributed by atoms with Gasteiger partial charge in [0.2, 0.25) is 0 Å². The normalized spacial score (nSPS) is 17.8. The minimum Gasteiger partial charge on any atom is -0.505 e. The van der Waals surface area contributed by atoms with E-state index >= 15 is 0 Å². The lowest BCUT2D eigenvalue weighted by Crippen LogP contribution is -2.13. The van der Waals surface area contributed by atoms with E-state index in [1.807, 2.05) is 19.0 Å². The Labute approximate surface area is 94.1 Å².